The topological polar surface area (TPSA) is 160 Å². The first-order chi connectivity index (χ1) is 19.2. The van der Waals surface area contributed by atoms with E-state index in [0.717, 1.165) is 11.3 Å². The molecule has 40 heavy (non-hydrogen) atoms. The minimum Gasteiger partial charge on any atom is -0.463 e. The maximum Gasteiger partial charge on any atom is 0.338 e. The van der Waals surface area contributed by atoms with Crippen molar-refractivity contribution < 1.29 is 23.8 Å². The van der Waals surface area contributed by atoms with Crippen LogP contribution in [0.1, 0.15) is 31.2 Å². The number of fused-ring (bicyclic) bond motifs is 1. The smallest absolute Gasteiger partial charge is 0.338 e. The number of carbonyl (C=O) groups is 1. The summed E-state index contributed by atoms with van der Waals surface area (Å²) in [6.07, 6.45) is 1.48. The molecule has 0 radical (unpaired) electrons. The number of aromatic nitrogens is 1. The normalized spacial score (nSPS) is 14.9. The van der Waals surface area contributed by atoms with E-state index in [1.807, 2.05) is 0 Å². The molecule has 0 spiro atoms. The number of hydrogen-bond acceptors (Lipinski definition) is 10. The van der Waals surface area contributed by atoms with Crippen LogP contribution in [0, 0.1) is 20.2 Å². The average molecular weight is 561 g/mol. The number of benzene rings is 2. The second-order valence-electron chi connectivity index (χ2n) is 8.63. The lowest BCUT2D eigenvalue weighted by Gasteiger charge is -2.24. The Kier molecular flexibility index (Phi) is 6.96. The number of allylic oxidation sites excluding steroid dienone is 1. The highest BCUT2D eigenvalue weighted by atomic mass is 32.1. The first-order valence-corrected chi connectivity index (χ1v) is 12.8. The van der Waals surface area contributed by atoms with Crippen molar-refractivity contribution in [1.29, 1.82) is 0 Å². The van der Waals surface area contributed by atoms with Gasteiger partial charge in [-0.05, 0) is 37.6 Å². The van der Waals surface area contributed by atoms with Crippen molar-refractivity contribution in [2.75, 3.05) is 6.61 Å². The number of carbonyl (C=O) groups excluding carboxylic acids is 1. The van der Waals surface area contributed by atoms with Crippen molar-refractivity contribution in [3.05, 3.63) is 123 Å². The third-order valence-electron chi connectivity index (χ3n) is 6.18. The fourth-order valence-corrected chi connectivity index (χ4v) is 5.49. The zero-order valence-electron chi connectivity index (χ0n) is 21.1. The van der Waals surface area contributed by atoms with E-state index in [-0.39, 0.29) is 50.0 Å². The van der Waals surface area contributed by atoms with Crippen LogP contribution in [-0.4, -0.2) is 27.0 Å². The summed E-state index contributed by atoms with van der Waals surface area (Å²) in [5, 5.41) is 22.9. The molecule has 1 aliphatic heterocycles. The summed E-state index contributed by atoms with van der Waals surface area (Å²) in [7, 11) is 0. The molecule has 2 aromatic heterocycles. The van der Waals surface area contributed by atoms with E-state index in [1.54, 1.807) is 50.2 Å². The summed E-state index contributed by atoms with van der Waals surface area (Å²) in [4.78, 5) is 53.3. The first-order valence-electron chi connectivity index (χ1n) is 12.0. The quantitative estimate of drug-likeness (QED) is 0.187. The lowest BCUT2D eigenvalue weighted by atomic mass is 9.95. The van der Waals surface area contributed by atoms with Crippen LogP contribution in [0.25, 0.3) is 17.4 Å². The zero-order valence-corrected chi connectivity index (χ0v) is 21.9. The van der Waals surface area contributed by atoms with Gasteiger partial charge >= 0.3 is 5.97 Å². The van der Waals surface area contributed by atoms with E-state index in [4.69, 9.17) is 9.15 Å². The van der Waals surface area contributed by atoms with Crippen molar-refractivity contribution in [3.8, 4) is 11.3 Å². The molecule has 0 amide bonds. The monoisotopic (exact) mass is 560 g/mol. The summed E-state index contributed by atoms with van der Waals surface area (Å²) in [5.74, 6) is -0.164. The molecule has 0 N–H and O–H groups in total. The first kappa shape index (κ1) is 26.4. The van der Waals surface area contributed by atoms with Gasteiger partial charge in [-0.1, -0.05) is 35.6 Å². The molecular weight excluding hydrogens is 540 g/mol. The molecule has 5 rings (SSSR count). The molecule has 1 aliphatic rings. The van der Waals surface area contributed by atoms with Gasteiger partial charge in [-0.15, -0.1) is 0 Å². The highest BCUT2D eigenvalue weighted by molar-refractivity contribution is 7.07. The fourth-order valence-electron chi connectivity index (χ4n) is 4.46. The van der Waals surface area contributed by atoms with E-state index in [2.05, 4.69) is 4.99 Å². The number of esters is 1. The van der Waals surface area contributed by atoms with Crippen LogP contribution in [0.5, 0.6) is 0 Å². The number of nitro benzene ring substituents is 2. The molecule has 3 heterocycles. The Bertz CT molecular complexity index is 1900. The maximum absolute atomic E-state index is 13.7. The molecule has 12 nitrogen and oxygen atoms in total. The summed E-state index contributed by atoms with van der Waals surface area (Å²) in [6, 6.07) is 14.0. The Balaban J connectivity index is 1.66. The number of furan rings is 1. The molecule has 0 saturated heterocycles. The number of ether oxygens (including phenoxy) is 1. The molecule has 13 heteroatoms. The van der Waals surface area contributed by atoms with Gasteiger partial charge in [-0.25, -0.2) is 9.79 Å². The largest absolute Gasteiger partial charge is 0.463 e. The van der Waals surface area contributed by atoms with Gasteiger partial charge in [0, 0.05) is 24.3 Å². The van der Waals surface area contributed by atoms with Crippen LogP contribution in [-0.2, 0) is 9.53 Å². The maximum atomic E-state index is 13.7. The lowest BCUT2D eigenvalue weighted by molar-refractivity contribution is -0.385. The molecule has 0 fully saturated rings. The molecular formula is C27H20N4O8S. The van der Waals surface area contributed by atoms with E-state index in [0.29, 0.717) is 11.3 Å². The van der Waals surface area contributed by atoms with Crippen LogP contribution in [0.2, 0.25) is 0 Å². The predicted octanol–water partition coefficient (Wildman–Crippen LogP) is 3.87. The number of thiazole rings is 1. The Labute approximate surface area is 229 Å². The molecule has 0 bridgehead atoms. The second-order valence-corrected chi connectivity index (χ2v) is 9.64. The number of para-hydroxylation sites is 1. The van der Waals surface area contributed by atoms with E-state index in [1.165, 1.54) is 34.9 Å². The molecule has 1 unspecified atom stereocenters. The molecule has 2 aromatic carbocycles. The molecule has 1 atom stereocenters. The minimum atomic E-state index is -1.02. The van der Waals surface area contributed by atoms with Crippen LogP contribution in [0.15, 0.2) is 86.1 Å². The minimum absolute atomic E-state index is 0.0854. The van der Waals surface area contributed by atoms with Crippen molar-refractivity contribution in [2.45, 2.75) is 19.9 Å². The van der Waals surface area contributed by atoms with Crippen molar-refractivity contribution >= 4 is 34.8 Å². The SMILES string of the molecule is CCOC(=O)C1=C(C)N=c2s/c(=C/c3ccc(-c4ccccc4[N+](=O)[O-])o3)c(=O)n2C1c1cccc([N+](=O)[O-])c1. The van der Waals surface area contributed by atoms with E-state index in [9.17, 15) is 29.8 Å². The molecule has 0 saturated carbocycles. The van der Waals surface area contributed by atoms with Gasteiger partial charge in [0.05, 0.1) is 43.9 Å². The van der Waals surface area contributed by atoms with Crippen molar-refractivity contribution in [1.82, 2.24) is 4.57 Å². The van der Waals surface area contributed by atoms with Gasteiger partial charge in [0.15, 0.2) is 4.80 Å². The Morgan fingerprint density at radius 1 is 1.12 bits per heavy atom. The van der Waals surface area contributed by atoms with Crippen LogP contribution >= 0.6 is 11.3 Å². The predicted molar refractivity (Wildman–Crippen MR) is 144 cm³/mol. The zero-order chi connectivity index (χ0) is 28.6. The number of nitrogens with zero attached hydrogens (tertiary/aromatic N) is 4. The third-order valence-corrected chi connectivity index (χ3v) is 7.16. The third kappa shape index (κ3) is 4.73. The number of non-ortho nitro benzene ring substituents is 1. The Morgan fingerprint density at radius 3 is 2.62 bits per heavy atom. The fraction of sp³-hybridized carbons (Fsp3) is 0.148. The number of hydrogen-bond donors (Lipinski definition) is 0. The second kappa shape index (κ2) is 10.5. The standard InChI is InChI=1S/C27H20N4O8S/c1-3-38-26(33)23-15(2)28-27-29(24(23)16-7-6-8-17(13-16)30(34)35)25(32)22(40-27)14-18-11-12-21(39-18)19-9-4-5-10-20(19)31(36)37/h4-14,24H,3H2,1-2H3/b22-14+. The summed E-state index contributed by atoms with van der Waals surface area (Å²) in [5.41, 5.74) is 0.220. The van der Waals surface area contributed by atoms with Gasteiger partial charge < -0.3 is 9.15 Å². The van der Waals surface area contributed by atoms with Gasteiger partial charge in [-0.3, -0.25) is 29.6 Å². The van der Waals surface area contributed by atoms with Crippen molar-refractivity contribution in [2.24, 2.45) is 4.99 Å². The van der Waals surface area contributed by atoms with Gasteiger partial charge in [0.1, 0.15) is 11.5 Å². The number of nitro groups is 2. The van der Waals surface area contributed by atoms with Gasteiger partial charge in [0.25, 0.3) is 16.9 Å². The molecule has 202 valence electrons. The average Bonchev–Trinajstić information content (AvgIpc) is 3.52. The van der Waals surface area contributed by atoms with Crippen LogP contribution < -0.4 is 14.9 Å². The van der Waals surface area contributed by atoms with Gasteiger partial charge in [-0.2, -0.15) is 0 Å². The summed E-state index contributed by atoms with van der Waals surface area (Å²) < 4.78 is 12.6. The molecule has 0 aliphatic carbocycles. The van der Waals surface area contributed by atoms with Crippen LogP contribution in [0.3, 0.4) is 0 Å². The van der Waals surface area contributed by atoms with E-state index < -0.39 is 27.4 Å². The summed E-state index contributed by atoms with van der Waals surface area (Å²) in [6.45, 7) is 3.34. The van der Waals surface area contributed by atoms with Gasteiger partial charge in [0.2, 0.25) is 0 Å². The van der Waals surface area contributed by atoms with Crippen LogP contribution in [0.4, 0.5) is 11.4 Å². The lowest BCUT2D eigenvalue weighted by Crippen LogP contribution is -2.39. The highest BCUT2D eigenvalue weighted by Crippen LogP contribution is 2.33. The van der Waals surface area contributed by atoms with E-state index >= 15 is 0 Å². The molecule has 4 aromatic rings. The number of rotatable bonds is 7. The Hall–Kier alpha value is -5.17. The Morgan fingerprint density at radius 2 is 1.90 bits per heavy atom. The van der Waals surface area contributed by atoms with Crippen molar-refractivity contribution in [3.63, 3.8) is 0 Å². The highest BCUT2D eigenvalue weighted by Gasteiger charge is 2.34. The summed E-state index contributed by atoms with van der Waals surface area (Å²) >= 11 is 1.05.